The molecule has 0 amide bonds. The number of carbonyl (C=O) groups is 1. The second kappa shape index (κ2) is 11.3. The van der Waals surface area contributed by atoms with Gasteiger partial charge in [-0.1, -0.05) is 28.9 Å². The fraction of sp³-hybridized carbons (Fsp3) is 0.238. The van der Waals surface area contributed by atoms with Crippen molar-refractivity contribution in [2.45, 2.75) is 6.61 Å². The van der Waals surface area contributed by atoms with Crippen molar-refractivity contribution in [3.05, 3.63) is 76.0 Å². The van der Waals surface area contributed by atoms with Crippen molar-refractivity contribution >= 4 is 28.9 Å². The van der Waals surface area contributed by atoms with Crippen LogP contribution < -0.4 is 0 Å². The Balaban J connectivity index is 2.35. The summed E-state index contributed by atoms with van der Waals surface area (Å²) in [5.74, 6) is -2.14. The zero-order chi connectivity index (χ0) is 22.1. The van der Waals surface area contributed by atoms with Gasteiger partial charge in [-0.05, 0) is 18.2 Å². The van der Waals surface area contributed by atoms with Crippen molar-refractivity contribution in [1.82, 2.24) is 0 Å². The summed E-state index contributed by atoms with van der Waals surface area (Å²) < 4.78 is 41.9. The molecule has 30 heavy (non-hydrogen) atoms. The minimum atomic E-state index is -0.755. The van der Waals surface area contributed by atoms with Crippen LogP contribution in [0.25, 0.3) is 5.57 Å². The Morgan fingerprint density at radius 3 is 2.43 bits per heavy atom. The number of carbonyl (C=O) groups excluding carboxylic acids is 1. The fourth-order valence-corrected chi connectivity index (χ4v) is 2.83. The molecule has 9 heteroatoms. The summed E-state index contributed by atoms with van der Waals surface area (Å²) in [5.41, 5.74) is 1.35. The first-order valence-electron chi connectivity index (χ1n) is 8.64. The Labute approximate surface area is 177 Å². The predicted molar refractivity (Wildman–Crippen MR) is 108 cm³/mol. The number of benzene rings is 2. The third-order valence-electron chi connectivity index (χ3n) is 3.91. The van der Waals surface area contributed by atoms with Gasteiger partial charge in [0.05, 0.1) is 27.1 Å². The average molecular weight is 440 g/mol. The third kappa shape index (κ3) is 6.01. The predicted octanol–water partition coefficient (Wildman–Crippen LogP) is 4.35. The van der Waals surface area contributed by atoms with Crippen molar-refractivity contribution in [2.24, 2.45) is 5.16 Å². The largest absolute Gasteiger partial charge is 0.503 e. The average Bonchev–Trinajstić information content (AvgIpc) is 2.71. The highest BCUT2D eigenvalue weighted by molar-refractivity contribution is 6.32. The maximum absolute atomic E-state index is 13.5. The van der Waals surface area contributed by atoms with Crippen molar-refractivity contribution in [1.29, 1.82) is 0 Å². The zero-order valence-electron chi connectivity index (χ0n) is 16.6. The first kappa shape index (κ1) is 23.3. The first-order chi connectivity index (χ1) is 14.4. The molecule has 0 aliphatic carbocycles. The van der Waals surface area contributed by atoms with E-state index in [-0.39, 0.29) is 30.1 Å². The molecule has 0 aliphatic heterocycles. The van der Waals surface area contributed by atoms with Crippen LogP contribution in [0.1, 0.15) is 16.7 Å². The molecule has 0 aromatic heterocycles. The number of oxime groups is 1. The summed E-state index contributed by atoms with van der Waals surface area (Å²) in [6.07, 6.45) is 1.23. The van der Waals surface area contributed by atoms with E-state index in [0.29, 0.717) is 16.1 Å². The molecule has 2 rings (SSSR count). The minimum absolute atomic E-state index is 0.0464. The molecule has 0 aliphatic rings. The van der Waals surface area contributed by atoms with E-state index in [4.69, 9.17) is 30.6 Å². The first-order valence-corrected chi connectivity index (χ1v) is 9.02. The molecule has 0 fully saturated rings. The van der Waals surface area contributed by atoms with Gasteiger partial charge in [-0.2, -0.15) is 0 Å². The summed E-state index contributed by atoms with van der Waals surface area (Å²) in [6, 6.07) is 7.90. The number of ether oxygens (including phenoxy) is 3. The van der Waals surface area contributed by atoms with Crippen molar-refractivity contribution in [3.63, 3.8) is 0 Å². The van der Waals surface area contributed by atoms with E-state index in [1.807, 2.05) is 0 Å². The Kier molecular flexibility index (Phi) is 8.76. The second-order valence-corrected chi connectivity index (χ2v) is 6.33. The molecule has 0 spiro atoms. The highest BCUT2D eigenvalue weighted by Gasteiger charge is 2.19. The molecule has 0 unspecified atom stereocenters. The molecule has 0 radical (unpaired) electrons. The standard InChI is InChI=1S/C21H20ClF2NO5/c1-27-10-18(21(26)29-3)16-5-4-6-19(22)17(16)11-30-25-20(12-28-2)13-7-14(23)9-15(24)8-13/h4-10H,11-12H2,1-3H3/b18-10+,25-20+. The highest BCUT2D eigenvalue weighted by Crippen LogP contribution is 2.28. The molecular weight excluding hydrogens is 420 g/mol. The molecule has 6 nitrogen and oxygen atoms in total. The van der Waals surface area contributed by atoms with Crippen molar-refractivity contribution in [2.75, 3.05) is 27.9 Å². The van der Waals surface area contributed by atoms with Gasteiger partial charge >= 0.3 is 5.97 Å². The lowest BCUT2D eigenvalue weighted by Crippen LogP contribution is -2.11. The summed E-state index contributed by atoms with van der Waals surface area (Å²) in [4.78, 5) is 17.5. The molecule has 0 heterocycles. The van der Waals surface area contributed by atoms with E-state index >= 15 is 0 Å². The summed E-state index contributed by atoms with van der Waals surface area (Å²) in [6.45, 7) is -0.187. The van der Waals surface area contributed by atoms with E-state index in [1.54, 1.807) is 18.2 Å². The van der Waals surface area contributed by atoms with Gasteiger partial charge in [-0.15, -0.1) is 0 Å². The molecule has 160 valence electrons. The number of nitrogens with zero attached hydrogens (tertiary/aromatic N) is 1. The van der Waals surface area contributed by atoms with Crippen LogP contribution in [0.2, 0.25) is 5.02 Å². The van der Waals surface area contributed by atoms with Crippen LogP contribution in [0.3, 0.4) is 0 Å². The zero-order valence-corrected chi connectivity index (χ0v) is 17.3. The minimum Gasteiger partial charge on any atom is -0.503 e. The lowest BCUT2D eigenvalue weighted by molar-refractivity contribution is -0.133. The highest BCUT2D eigenvalue weighted by atomic mass is 35.5. The van der Waals surface area contributed by atoms with Crippen LogP contribution in [0.4, 0.5) is 8.78 Å². The number of hydrogen-bond acceptors (Lipinski definition) is 6. The van der Waals surface area contributed by atoms with Gasteiger partial charge in [0.2, 0.25) is 0 Å². The molecule has 0 bridgehead atoms. The number of halogens is 3. The van der Waals surface area contributed by atoms with E-state index < -0.39 is 17.6 Å². The van der Waals surface area contributed by atoms with Gasteiger partial charge in [-0.3, -0.25) is 0 Å². The SMILES string of the molecule is CO/C=C(/C(=O)OC)c1cccc(Cl)c1CO/N=C(\COC)c1cc(F)cc(F)c1. The number of rotatable bonds is 9. The number of hydrogen-bond donors (Lipinski definition) is 0. The molecule has 0 saturated heterocycles. The van der Waals surface area contributed by atoms with Gasteiger partial charge in [0, 0.05) is 34.9 Å². The summed E-state index contributed by atoms with van der Waals surface area (Å²) >= 11 is 6.28. The topological polar surface area (TPSA) is 66.4 Å². The van der Waals surface area contributed by atoms with Crippen LogP contribution >= 0.6 is 11.6 Å². The van der Waals surface area contributed by atoms with Crippen LogP contribution in [0.15, 0.2) is 47.8 Å². The Hall–Kier alpha value is -2.97. The van der Waals surface area contributed by atoms with E-state index in [1.165, 1.54) is 27.6 Å². The Morgan fingerprint density at radius 2 is 1.83 bits per heavy atom. The smallest absolute Gasteiger partial charge is 0.341 e. The summed E-state index contributed by atoms with van der Waals surface area (Å²) in [5, 5.41) is 4.26. The normalized spacial score (nSPS) is 11.9. The molecule has 0 atom stereocenters. The summed E-state index contributed by atoms with van der Waals surface area (Å²) in [7, 11) is 4.05. The fourth-order valence-electron chi connectivity index (χ4n) is 2.60. The van der Waals surface area contributed by atoms with E-state index in [2.05, 4.69) is 5.16 Å². The molecule has 2 aromatic carbocycles. The van der Waals surface area contributed by atoms with Gasteiger partial charge in [0.15, 0.2) is 0 Å². The molecule has 2 aromatic rings. The lowest BCUT2D eigenvalue weighted by atomic mass is 10.0. The quantitative estimate of drug-likeness (QED) is 0.191. The molecular formula is C21H20ClF2NO5. The van der Waals surface area contributed by atoms with Crippen LogP contribution in [0, 0.1) is 11.6 Å². The third-order valence-corrected chi connectivity index (χ3v) is 4.26. The molecule has 0 saturated carbocycles. The van der Waals surface area contributed by atoms with Gasteiger partial charge in [0.1, 0.15) is 29.5 Å². The maximum Gasteiger partial charge on any atom is 0.341 e. The van der Waals surface area contributed by atoms with Crippen molar-refractivity contribution in [3.8, 4) is 0 Å². The van der Waals surface area contributed by atoms with E-state index in [9.17, 15) is 13.6 Å². The molecule has 0 N–H and O–H groups in total. The van der Waals surface area contributed by atoms with Gasteiger partial charge in [0.25, 0.3) is 0 Å². The second-order valence-electron chi connectivity index (χ2n) is 5.93. The van der Waals surface area contributed by atoms with E-state index in [0.717, 1.165) is 18.2 Å². The lowest BCUT2D eigenvalue weighted by Gasteiger charge is -2.13. The van der Waals surface area contributed by atoms with Crippen molar-refractivity contribution < 1.29 is 32.6 Å². The Morgan fingerprint density at radius 1 is 1.13 bits per heavy atom. The number of methoxy groups -OCH3 is 3. The van der Waals surface area contributed by atoms with Crippen LogP contribution in [-0.2, 0) is 30.4 Å². The van der Waals surface area contributed by atoms with Gasteiger partial charge in [-0.25, -0.2) is 13.6 Å². The number of esters is 1. The van der Waals surface area contributed by atoms with Crippen LogP contribution in [0.5, 0.6) is 0 Å². The monoisotopic (exact) mass is 439 g/mol. The maximum atomic E-state index is 13.5. The van der Waals surface area contributed by atoms with Gasteiger partial charge < -0.3 is 19.0 Å². The van der Waals surface area contributed by atoms with Crippen LogP contribution in [-0.4, -0.2) is 39.6 Å². The Bertz CT molecular complexity index is 942.